The quantitative estimate of drug-likeness (QED) is 0.466. The van der Waals surface area contributed by atoms with Crippen LogP contribution in [-0.4, -0.2) is 13.4 Å². The summed E-state index contributed by atoms with van der Waals surface area (Å²) in [5.41, 5.74) is -0.650. The smallest absolute Gasteiger partial charge is 0.250 e. The van der Waals surface area contributed by atoms with Crippen molar-refractivity contribution in [2.24, 2.45) is 0 Å². The van der Waals surface area contributed by atoms with Crippen molar-refractivity contribution in [3.8, 4) is 0 Å². The molecule has 0 N–H and O–H groups in total. The predicted octanol–water partition coefficient (Wildman–Crippen LogP) is 2.55. The first-order valence-electron chi connectivity index (χ1n) is 3.21. The molecule has 0 aromatic carbocycles. The van der Waals surface area contributed by atoms with Crippen LogP contribution in [0.15, 0.2) is 17.2 Å². The van der Waals surface area contributed by atoms with Gasteiger partial charge in [-0.15, -0.1) is 0 Å². The second-order valence-corrected chi connectivity index (χ2v) is 5.81. The van der Waals surface area contributed by atoms with Crippen LogP contribution in [0.1, 0.15) is 12.0 Å². The normalized spacial score (nSPS) is 12.1. The molecule has 0 aliphatic carbocycles. The Hall–Kier alpha value is -0.0200. The van der Waals surface area contributed by atoms with Crippen LogP contribution in [0.5, 0.6) is 0 Å². The van der Waals surface area contributed by atoms with Gasteiger partial charge >= 0.3 is 0 Å². The number of rotatable bonds is 2. The Morgan fingerprint density at radius 2 is 2.07 bits per heavy atom. The monoisotopic (exact) mass is 353 g/mol. The van der Waals surface area contributed by atoms with E-state index in [1.807, 2.05) is 0 Å². The third-order valence-corrected chi connectivity index (χ3v) is 3.62. The maximum atomic E-state index is 12.5. The molecule has 0 bridgehead atoms. The second kappa shape index (κ2) is 4.23. The average molecular weight is 354 g/mol. The Kier molecular flexibility index (Phi) is 3.64. The first kappa shape index (κ1) is 12.1. The van der Waals surface area contributed by atoms with Crippen molar-refractivity contribution in [3.05, 3.63) is 21.5 Å². The summed E-state index contributed by atoms with van der Waals surface area (Å²) in [7, 11) is 0.834. The van der Waals surface area contributed by atoms with Crippen LogP contribution in [0.25, 0.3) is 0 Å². The van der Waals surface area contributed by atoms with E-state index in [0.717, 1.165) is 12.3 Å². The Bertz CT molecular complexity index is 451. The molecule has 0 amide bonds. The molecule has 0 aliphatic rings. The topological polar surface area (TPSA) is 47.0 Å². The van der Waals surface area contributed by atoms with Crippen LogP contribution in [0.2, 0.25) is 0 Å². The van der Waals surface area contributed by atoms with E-state index in [1.54, 1.807) is 0 Å². The average Bonchev–Trinajstić information content (AvgIpc) is 2.01. The predicted molar refractivity (Wildman–Crippen MR) is 54.9 cm³/mol. The molecular weight excluding hydrogens is 350 g/mol. The van der Waals surface area contributed by atoms with Gasteiger partial charge in [-0.05, 0) is 28.7 Å². The van der Waals surface area contributed by atoms with E-state index in [2.05, 4.69) is 4.98 Å². The zero-order valence-corrected chi connectivity index (χ0v) is 10.1. The van der Waals surface area contributed by atoms with E-state index in [0.29, 0.717) is 0 Å². The van der Waals surface area contributed by atoms with Crippen LogP contribution < -0.4 is 0 Å². The minimum Gasteiger partial charge on any atom is -0.250 e. The highest BCUT2D eigenvalue weighted by Crippen LogP contribution is 2.31. The molecule has 1 aromatic heterocycles. The number of aromatic nitrogens is 1. The van der Waals surface area contributed by atoms with Gasteiger partial charge in [0.05, 0.1) is 10.5 Å². The van der Waals surface area contributed by atoms with E-state index >= 15 is 0 Å². The molecule has 3 nitrogen and oxygen atoms in total. The number of alkyl halides is 2. The second-order valence-electron chi connectivity index (χ2n) is 2.25. The Morgan fingerprint density at radius 1 is 1.50 bits per heavy atom. The third kappa shape index (κ3) is 2.51. The van der Waals surface area contributed by atoms with Crippen molar-refractivity contribution in [2.45, 2.75) is 11.3 Å². The highest BCUT2D eigenvalue weighted by molar-refractivity contribution is 14.1. The molecule has 0 saturated carbocycles. The van der Waals surface area contributed by atoms with Crippen molar-refractivity contribution in [1.29, 1.82) is 0 Å². The number of halogens is 4. The van der Waals surface area contributed by atoms with Crippen molar-refractivity contribution in [2.75, 3.05) is 0 Å². The minimum absolute atomic E-state index is 0.0701. The fraction of sp³-hybridized carbons (Fsp3) is 0.167. The lowest BCUT2D eigenvalue weighted by atomic mass is 10.3. The van der Waals surface area contributed by atoms with Gasteiger partial charge in [-0.2, -0.15) is 0 Å². The maximum absolute atomic E-state index is 12.5. The van der Waals surface area contributed by atoms with Gasteiger partial charge in [-0.3, -0.25) is 0 Å². The molecule has 14 heavy (non-hydrogen) atoms. The highest BCUT2D eigenvalue weighted by atomic mass is 127. The molecule has 0 saturated heterocycles. The molecule has 0 unspecified atom stereocenters. The molecule has 0 fully saturated rings. The summed E-state index contributed by atoms with van der Waals surface area (Å²) in [6.45, 7) is 0. The first-order valence-corrected chi connectivity index (χ1v) is 6.60. The summed E-state index contributed by atoms with van der Waals surface area (Å²) in [5.74, 6) is 0. The van der Waals surface area contributed by atoms with Gasteiger partial charge in [-0.1, -0.05) is 0 Å². The molecule has 8 heteroatoms. The zero-order chi connectivity index (χ0) is 10.9. The fourth-order valence-electron chi connectivity index (χ4n) is 0.842. The van der Waals surface area contributed by atoms with E-state index in [1.165, 1.54) is 22.6 Å². The van der Waals surface area contributed by atoms with Crippen LogP contribution in [0.4, 0.5) is 8.78 Å². The highest BCUT2D eigenvalue weighted by Gasteiger charge is 2.24. The zero-order valence-electron chi connectivity index (χ0n) is 6.42. The third-order valence-electron chi connectivity index (χ3n) is 1.38. The molecule has 0 spiro atoms. The molecular formula is C6H3ClF2INO2S. The Morgan fingerprint density at radius 3 is 2.43 bits per heavy atom. The SMILES string of the molecule is O=S(=O)(Cl)c1ccnc(I)c1C(F)F. The van der Waals surface area contributed by atoms with Gasteiger partial charge in [0.15, 0.2) is 0 Å². The van der Waals surface area contributed by atoms with E-state index in [-0.39, 0.29) is 3.70 Å². The van der Waals surface area contributed by atoms with Gasteiger partial charge in [-0.25, -0.2) is 22.2 Å². The summed E-state index contributed by atoms with van der Waals surface area (Å²) < 4.78 is 46.7. The molecule has 1 aromatic rings. The molecule has 0 radical (unpaired) electrons. The lowest BCUT2D eigenvalue weighted by Gasteiger charge is -2.06. The fourth-order valence-corrected chi connectivity index (χ4v) is 2.79. The molecule has 0 aliphatic heterocycles. The van der Waals surface area contributed by atoms with E-state index in [9.17, 15) is 17.2 Å². The molecule has 0 atom stereocenters. The molecule has 1 heterocycles. The lowest BCUT2D eigenvalue weighted by molar-refractivity contribution is 0.146. The van der Waals surface area contributed by atoms with E-state index < -0.39 is 25.9 Å². The van der Waals surface area contributed by atoms with Gasteiger partial charge in [0.1, 0.15) is 3.70 Å². The van der Waals surface area contributed by atoms with Gasteiger partial charge in [0.2, 0.25) is 0 Å². The van der Waals surface area contributed by atoms with Gasteiger partial charge < -0.3 is 0 Å². The van der Waals surface area contributed by atoms with E-state index in [4.69, 9.17) is 10.7 Å². The van der Waals surface area contributed by atoms with Gasteiger partial charge in [0.25, 0.3) is 15.5 Å². The van der Waals surface area contributed by atoms with Crippen LogP contribution in [0, 0.1) is 3.70 Å². The first-order chi connectivity index (χ1) is 6.34. The van der Waals surface area contributed by atoms with Crippen molar-refractivity contribution >= 4 is 42.3 Å². The summed E-state index contributed by atoms with van der Waals surface area (Å²) in [5, 5.41) is 0. The van der Waals surface area contributed by atoms with Gasteiger partial charge in [0, 0.05) is 16.9 Å². The largest absolute Gasteiger partial charge is 0.267 e. The lowest BCUT2D eigenvalue weighted by Crippen LogP contribution is -2.02. The molecule has 1 rings (SSSR count). The number of hydrogen-bond acceptors (Lipinski definition) is 3. The number of hydrogen-bond donors (Lipinski definition) is 0. The summed E-state index contributed by atoms with van der Waals surface area (Å²) >= 11 is 1.53. The van der Waals surface area contributed by atoms with Crippen molar-refractivity contribution in [3.63, 3.8) is 0 Å². The van der Waals surface area contributed by atoms with Crippen LogP contribution in [0.3, 0.4) is 0 Å². The Balaban J connectivity index is 3.52. The summed E-state index contributed by atoms with van der Waals surface area (Å²) in [6, 6.07) is 0.950. The number of pyridine rings is 1. The number of nitrogens with zero attached hydrogens (tertiary/aromatic N) is 1. The van der Waals surface area contributed by atoms with Crippen molar-refractivity contribution < 1.29 is 17.2 Å². The van der Waals surface area contributed by atoms with Crippen LogP contribution >= 0.6 is 33.3 Å². The molecule has 78 valence electrons. The maximum Gasteiger partial charge on any atom is 0.267 e. The van der Waals surface area contributed by atoms with Crippen LogP contribution in [-0.2, 0) is 9.05 Å². The standard InChI is InChI=1S/C6H3ClF2INO2S/c7-14(12,13)3-1-2-11-6(10)4(3)5(8)9/h1-2,5H. The summed E-state index contributed by atoms with van der Waals surface area (Å²) in [6.07, 6.45) is -1.80. The van der Waals surface area contributed by atoms with Crippen molar-refractivity contribution in [1.82, 2.24) is 4.98 Å². The minimum atomic E-state index is -4.15. The Labute approximate surface area is 97.0 Å². The summed E-state index contributed by atoms with van der Waals surface area (Å²) in [4.78, 5) is 2.97.